The van der Waals surface area contributed by atoms with Gasteiger partial charge in [0.1, 0.15) is 5.82 Å². The van der Waals surface area contributed by atoms with Crippen molar-refractivity contribution < 1.29 is 0 Å². The van der Waals surface area contributed by atoms with Gasteiger partial charge in [0.2, 0.25) is 0 Å². The molecule has 0 saturated heterocycles. The van der Waals surface area contributed by atoms with Crippen molar-refractivity contribution in [2.24, 2.45) is 5.73 Å². The van der Waals surface area contributed by atoms with Crippen LogP contribution in [0.1, 0.15) is 49.5 Å². The summed E-state index contributed by atoms with van der Waals surface area (Å²) in [6.45, 7) is 2.94. The van der Waals surface area contributed by atoms with Crippen LogP contribution in [0.4, 0.5) is 0 Å². The van der Waals surface area contributed by atoms with Gasteiger partial charge in [-0.2, -0.15) is 0 Å². The molecule has 1 aromatic carbocycles. The average Bonchev–Trinajstić information content (AvgIpc) is 3.16. The Morgan fingerprint density at radius 1 is 1.26 bits per heavy atom. The zero-order valence-electron chi connectivity index (χ0n) is 11.7. The van der Waals surface area contributed by atoms with Gasteiger partial charge in [0.25, 0.3) is 0 Å². The number of aryl methyl sites for hydroxylation is 2. The van der Waals surface area contributed by atoms with E-state index in [-0.39, 0.29) is 0 Å². The molecule has 1 aromatic heterocycles. The normalized spacial score (nSPS) is 15.3. The molecule has 3 nitrogen and oxygen atoms in total. The lowest BCUT2D eigenvalue weighted by Crippen LogP contribution is -2.03. The van der Waals surface area contributed by atoms with Crippen molar-refractivity contribution in [3.63, 3.8) is 0 Å². The van der Waals surface area contributed by atoms with Gasteiger partial charge in [-0.05, 0) is 56.8 Å². The number of benzene rings is 1. The standard InChI is InChI=1S/C16H23N3/c1-12-6-9-15-14(11-12)18-16(5-3-2-4-10-17)19(15)13-7-8-13/h6,9,11,13H,2-5,7-8,10,17H2,1H3. The minimum Gasteiger partial charge on any atom is -0.330 e. The van der Waals surface area contributed by atoms with Crippen LogP contribution in [0.5, 0.6) is 0 Å². The van der Waals surface area contributed by atoms with Crippen molar-refractivity contribution in [2.45, 2.75) is 51.5 Å². The summed E-state index contributed by atoms with van der Waals surface area (Å²) in [5, 5.41) is 0. The van der Waals surface area contributed by atoms with E-state index in [0.29, 0.717) is 6.04 Å². The number of aromatic nitrogens is 2. The lowest BCUT2D eigenvalue weighted by atomic mass is 10.2. The van der Waals surface area contributed by atoms with Crippen LogP contribution in [0.2, 0.25) is 0 Å². The van der Waals surface area contributed by atoms with Gasteiger partial charge in [-0.3, -0.25) is 0 Å². The summed E-state index contributed by atoms with van der Waals surface area (Å²) in [6, 6.07) is 7.34. The lowest BCUT2D eigenvalue weighted by Gasteiger charge is -2.07. The first kappa shape index (κ1) is 12.7. The molecule has 1 heterocycles. The fraction of sp³-hybridized carbons (Fsp3) is 0.562. The molecule has 0 amide bonds. The van der Waals surface area contributed by atoms with E-state index >= 15 is 0 Å². The van der Waals surface area contributed by atoms with Gasteiger partial charge in [-0.15, -0.1) is 0 Å². The lowest BCUT2D eigenvalue weighted by molar-refractivity contribution is 0.631. The summed E-state index contributed by atoms with van der Waals surface area (Å²) in [5.41, 5.74) is 9.34. The van der Waals surface area contributed by atoms with Crippen LogP contribution in [-0.2, 0) is 6.42 Å². The van der Waals surface area contributed by atoms with Gasteiger partial charge in [-0.1, -0.05) is 12.5 Å². The second-order valence-electron chi connectivity index (χ2n) is 5.72. The first-order chi connectivity index (χ1) is 9.29. The highest BCUT2D eigenvalue weighted by molar-refractivity contribution is 5.77. The average molecular weight is 257 g/mol. The second kappa shape index (κ2) is 5.33. The number of hydrogen-bond donors (Lipinski definition) is 1. The van der Waals surface area contributed by atoms with E-state index in [4.69, 9.17) is 10.7 Å². The van der Waals surface area contributed by atoms with Gasteiger partial charge < -0.3 is 10.3 Å². The van der Waals surface area contributed by atoms with E-state index in [2.05, 4.69) is 29.7 Å². The van der Waals surface area contributed by atoms with Crippen LogP contribution in [0.3, 0.4) is 0 Å². The molecule has 1 aliphatic carbocycles. The molecule has 0 radical (unpaired) electrons. The molecule has 102 valence electrons. The summed E-state index contributed by atoms with van der Waals surface area (Å²) < 4.78 is 2.48. The third kappa shape index (κ3) is 2.66. The molecule has 1 fully saturated rings. The van der Waals surface area contributed by atoms with Crippen molar-refractivity contribution in [3.8, 4) is 0 Å². The van der Waals surface area contributed by atoms with Crippen LogP contribution in [-0.4, -0.2) is 16.1 Å². The molecule has 19 heavy (non-hydrogen) atoms. The van der Waals surface area contributed by atoms with Crippen molar-refractivity contribution in [3.05, 3.63) is 29.6 Å². The largest absolute Gasteiger partial charge is 0.330 e. The minimum absolute atomic E-state index is 0.706. The maximum absolute atomic E-state index is 5.55. The molecule has 2 N–H and O–H groups in total. The third-order valence-electron chi connectivity index (χ3n) is 3.93. The van der Waals surface area contributed by atoms with Crippen LogP contribution in [0, 0.1) is 6.92 Å². The van der Waals surface area contributed by atoms with Crippen molar-refractivity contribution in [1.82, 2.24) is 9.55 Å². The molecule has 0 aliphatic heterocycles. The Hall–Kier alpha value is -1.35. The summed E-state index contributed by atoms with van der Waals surface area (Å²) in [4.78, 5) is 4.86. The highest BCUT2D eigenvalue weighted by atomic mass is 15.1. The van der Waals surface area contributed by atoms with Gasteiger partial charge in [0.05, 0.1) is 11.0 Å². The molecule has 3 rings (SSSR count). The van der Waals surface area contributed by atoms with Crippen molar-refractivity contribution in [1.29, 1.82) is 0 Å². The van der Waals surface area contributed by atoms with Crippen LogP contribution in [0.25, 0.3) is 11.0 Å². The molecule has 0 bridgehead atoms. The molecule has 3 heteroatoms. The van der Waals surface area contributed by atoms with E-state index < -0.39 is 0 Å². The Morgan fingerprint density at radius 2 is 2.11 bits per heavy atom. The highest BCUT2D eigenvalue weighted by Gasteiger charge is 2.27. The summed E-state index contributed by atoms with van der Waals surface area (Å²) in [5.74, 6) is 1.28. The minimum atomic E-state index is 0.706. The predicted octanol–water partition coefficient (Wildman–Crippen LogP) is 3.35. The maximum Gasteiger partial charge on any atom is 0.110 e. The second-order valence-corrected chi connectivity index (χ2v) is 5.72. The topological polar surface area (TPSA) is 43.8 Å². The molecule has 2 aromatic rings. The Morgan fingerprint density at radius 3 is 2.84 bits per heavy atom. The summed E-state index contributed by atoms with van der Waals surface area (Å²) >= 11 is 0. The fourth-order valence-electron chi connectivity index (χ4n) is 2.78. The Balaban J connectivity index is 1.87. The molecule has 1 aliphatic rings. The first-order valence-electron chi connectivity index (χ1n) is 7.47. The van der Waals surface area contributed by atoms with Crippen LogP contribution in [0.15, 0.2) is 18.2 Å². The van der Waals surface area contributed by atoms with Gasteiger partial charge in [-0.25, -0.2) is 4.98 Å². The molecule has 0 unspecified atom stereocenters. The molecule has 0 spiro atoms. The van der Waals surface area contributed by atoms with Crippen LogP contribution >= 0.6 is 0 Å². The zero-order valence-corrected chi connectivity index (χ0v) is 11.7. The third-order valence-corrected chi connectivity index (χ3v) is 3.93. The fourth-order valence-corrected chi connectivity index (χ4v) is 2.78. The van der Waals surface area contributed by atoms with Crippen molar-refractivity contribution in [2.75, 3.05) is 6.54 Å². The molecule has 1 saturated carbocycles. The Labute approximate surface area is 114 Å². The van der Waals surface area contributed by atoms with E-state index in [9.17, 15) is 0 Å². The van der Waals surface area contributed by atoms with E-state index in [1.54, 1.807) is 0 Å². The number of nitrogens with two attached hydrogens (primary N) is 1. The van der Waals surface area contributed by atoms with Gasteiger partial charge in [0, 0.05) is 12.5 Å². The van der Waals surface area contributed by atoms with Crippen LogP contribution < -0.4 is 5.73 Å². The Kier molecular flexibility index (Phi) is 3.56. The SMILES string of the molecule is Cc1ccc2c(c1)nc(CCCCCN)n2C1CC1. The van der Waals surface area contributed by atoms with Gasteiger partial charge >= 0.3 is 0 Å². The number of nitrogens with zero attached hydrogens (tertiary/aromatic N) is 2. The van der Waals surface area contributed by atoms with Crippen molar-refractivity contribution >= 4 is 11.0 Å². The molecule has 0 atom stereocenters. The summed E-state index contributed by atoms with van der Waals surface area (Å²) in [7, 11) is 0. The van der Waals surface area contributed by atoms with E-state index in [1.165, 1.54) is 48.1 Å². The quantitative estimate of drug-likeness (QED) is 0.806. The van der Waals surface area contributed by atoms with Gasteiger partial charge in [0.15, 0.2) is 0 Å². The number of hydrogen-bond acceptors (Lipinski definition) is 2. The number of imidazole rings is 1. The summed E-state index contributed by atoms with van der Waals surface area (Å²) in [6.07, 6.45) is 7.26. The first-order valence-corrected chi connectivity index (χ1v) is 7.47. The smallest absolute Gasteiger partial charge is 0.110 e. The molecular formula is C16H23N3. The zero-order chi connectivity index (χ0) is 13.2. The number of unbranched alkanes of at least 4 members (excludes halogenated alkanes) is 2. The maximum atomic E-state index is 5.55. The Bertz CT molecular complexity index is 567. The van der Waals surface area contributed by atoms with E-state index in [1.807, 2.05) is 0 Å². The van der Waals surface area contributed by atoms with E-state index in [0.717, 1.165) is 19.4 Å². The number of fused-ring (bicyclic) bond motifs is 1. The predicted molar refractivity (Wildman–Crippen MR) is 79.4 cm³/mol. The molecular weight excluding hydrogens is 234 g/mol. The highest BCUT2D eigenvalue weighted by Crippen LogP contribution is 2.39. The monoisotopic (exact) mass is 257 g/mol. The number of rotatable bonds is 6.